The van der Waals surface area contributed by atoms with Gasteiger partial charge in [-0.3, -0.25) is 4.79 Å². The van der Waals surface area contributed by atoms with Crippen molar-refractivity contribution in [3.05, 3.63) is 89.6 Å². The maximum atomic E-state index is 12.9. The quantitative estimate of drug-likeness (QED) is 0.285. The normalized spacial score (nSPS) is 10.8. The van der Waals surface area contributed by atoms with Crippen LogP contribution < -0.4 is 14.8 Å². The minimum Gasteiger partial charge on any atom is -0.494 e. The molecule has 0 fully saturated rings. The van der Waals surface area contributed by atoms with E-state index in [4.69, 9.17) is 14.2 Å². The first kappa shape index (κ1) is 25.8. The number of benzene rings is 3. The molecule has 1 N–H and O–H groups in total. The molecule has 0 aliphatic heterocycles. The van der Waals surface area contributed by atoms with Gasteiger partial charge in [-0.25, -0.2) is 4.79 Å². The van der Waals surface area contributed by atoms with Crippen LogP contribution in [-0.4, -0.2) is 42.8 Å². The van der Waals surface area contributed by atoms with Crippen LogP contribution in [0.15, 0.2) is 72.8 Å². The number of nitrogens with one attached hydrogen (secondary N) is 1. The molecule has 0 aliphatic carbocycles. The Balaban J connectivity index is 1.54. The van der Waals surface area contributed by atoms with E-state index in [0.29, 0.717) is 29.9 Å². The van der Waals surface area contributed by atoms with Gasteiger partial charge >= 0.3 is 5.97 Å². The maximum Gasteiger partial charge on any atom is 0.340 e. The van der Waals surface area contributed by atoms with Crippen LogP contribution in [0.3, 0.4) is 0 Å². The van der Waals surface area contributed by atoms with Crippen LogP contribution in [0.25, 0.3) is 16.6 Å². The summed E-state index contributed by atoms with van der Waals surface area (Å²) >= 11 is 0. The summed E-state index contributed by atoms with van der Waals surface area (Å²) in [7, 11) is 0. The van der Waals surface area contributed by atoms with Crippen molar-refractivity contribution >= 4 is 22.8 Å². The first-order valence-corrected chi connectivity index (χ1v) is 12.5. The fourth-order valence-corrected chi connectivity index (χ4v) is 4.33. The van der Waals surface area contributed by atoms with Gasteiger partial charge in [-0.1, -0.05) is 30.3 Å². The lowest BCUT2D eigenvalue weighted by atomic mass is 10.1. The fraction of sp³-hybridized carbons (Fsp3) is 0.267. The highest BCUT2D eigenvalue weighted by Gasteiger charge is 2.22. The molecule has 1 aromatic heterocycles. The zero-order valence-electron chi connectivity index (χ0n) is 21.5. The van der Waals surface area contributed by atoms with Crippen molar-refractivity contribution in [3.63, 3.8) is 0 Å². The number of aromatic nitrogens is 1. The van der Waals surface area contributed by atoms with E-state index in [9.17, 15) is 9.59 Å². The van der Waals surface area contributed by atoms with Gasteiger partial charge in [0.25, 0.3) is 5.91 Å². The van der Waals surface area contributed by atoms with E-state index >= 15 is 0 Å². The number of rotatable bonds is 11. The van der Waals surface area contributed by atoms with Gasteiger partial charge in [0.05, 0.1) is 24.3 Å². The summed E-state index contributed by atoms with van der Waals surface area (Å²) in [5.41, 5.74) is 4.13. The highest BCUT2D eigenvalue weighted by Crippen LogP contribution is 2.33. The Morgan fingerprint density at radius 2 is 1.59 bits per heavy atom. The number of amides is 1. The van der Waals surface area contributed by atoms with E-state index in [-0.39, 0.29) is 19.1 Å². The summed E-state index contributed by atoms with van der Waals surface area (Å²) in [4.78, 5) is 25.2. The SMILES string of the molecule is CCOC(=O)c1c(C)n(-c2ccc(OCC)cc2)c2ccc(OCC(=O)NCCc3ccccc3)cc12. The zero-order valence-corrected chi connectivity index (χ0v) is 21.5. The lowest BCUT2D eigenvalue weighted by Crippen LogP contribution is -2.30. The number of hydrogen-bond acceptors (Lipinski definition) is 5. The summed E-state index contributed by atoms with van der Waals surface area (Å²) in [6.07, 6.45) is 0.750. The van der Waals surface area contributed by atoms with Gasteiger partial charge in [-0.2, -0.15) is 0 Å². The Labute approximate surface area is 217 Å². The van der Waals surface area contributed by atoms with Crippen molar-refractivity contribution in [2.24, 2.45) is 0 Å². The van der Waals surface area contributed by atoms with Crippen LogP contribution in [0, 0.1) is 6.92 Å². The average Bonchev–Trinajstić information content (AvgIpc) is 3.20. The minimum absolute atomic E-state index is 0.117. The number of carbonyl (C=O) groups excluding carboxylic acids is 2. The van der Waals surface area contributed by atoms with Gasteiger partial charge in [0.15, 0.2) is 6.61 Å². The lowest BCUT2D eigenvalue weighted by molar-refractivity contribution is -0.123. The summed E-state index contributed by atoms with van der Waals surface area (Å²) in [5.74, 6) is 0.680. The summed E-state index contributed by atoms with van der Waals surface area (Å²) in [6, 6.07) is 23.2. The maximum absolute atomic E-state index is 12.9. The summed E-state index contributed by atoms with van der Waals surface area (Å²) in [6.45, 7) is 6.89. The van der Waals surface area contributed by atoms with E-state index in [1.807, 2.05) is 79.1 Å². The van der Waals surface area contributed by atoms with Crippen LogP contribution in [0.5, 0.6) is 11.5 Å². The molecule has 0 aliphatic rings. The van der Waals surface area contributed by atoms with E-state index in [0.717, 1.165) is 34.6 Å². The van der Waals surface area contributed by atoms with Crippen molar-refractivity contribution in [3.8, 4) is 17.2 Å². The van der Waals surface area contributed by atoms with Crippen molar-refractivity contribution in [2.45, 2.75) is 27.2 Å². The highest BCUT2D eigenvalue weighted by molar-refractivity contribution is 6.07. The molecule has 0 saturated carbocycles. The Morgan fingerprint density at radius 1 is 0.865 bits per heavy atom. The van der Waals surface area contributed by atoms with E-state index in [1.54, 1.807) is 19.1 Å². The first-order chi connectivity index (χ1) is 18.0. The molecule has 0 spiro atoms. The Bertz CT molecular complexity index is 1360. The van der Waals surface area contributed by atoms with Gasteiger partial charge in [0, 0.05) is 23.3 Å². The third-order valence-electron chi connectivity index (χ3n) is 6.01. The summed E-state index contributed by atoms with van der Waals surface area (Å²) in [5, 5.41) is 3.58. The number of nitrogens with zero attached hydrogens (tertiary/aromatic N) is 1. The number of hydrogen-bond donors (Lipinski definition) is 1. The molecule has 7 nitrogen and oxygen atoms in total. The molecule has 4 aromatic rings. The standard InChI is InChI=1S/C30H32N2O5/c1-4-35-24-13-11-23(12-14-24)32-21(3)29(30(34)36-5-2)26-19-25(15-16-27(26)32)37-20-28(33)31-18-17-22-9-7-6-8-10-22/h6-16,19H,4-5,17-18,20H2,1-3H3,(H,31,33). The average molecular weight is 501 g/mol. The molecule has 0 bridgehead atoms. The molecule has 3 aromatic carbocycles. The molecule has 4 rings (SSSR count). The van der Waals surface area contributed by atoms with Crippen LogP contribution in [0.2, 0.25) is 0 Å². The van der Waals surface area contributed by atoms with Gasteiger partial charge in [-0.05, 0) is 75.2 Å². The Kier molecular flexibility index (Phi) is 8.46. The molecule has 0 atom stereocenters. The molecule has 0 saturated heterocycles. The van der Waals surface area contributed by atoms with Crippen molar-refractivity contribution in [1.29, 1.82) is 0 Å². The summed E-state index contributed by atoms with van der Waals surface area (Å²) < 4.78 is 18.7. The molecule has 0 unspecified atom stereocenters. The third-order valence-corrected chi connectivity index (χ3v) is 6.01. The number of esters is 1. The predicted molar refractivity (Wildman–Crippen MR) is 144 cm³/mol. The topological polar surface area (TPSA) is 78.8 Å². The fourth-order valence-electron chi connectivity index (χ4n) is 4.33. The smallest absolute Gasteiger partial charge is 0.340 e. The third kappa shape index (κ3) is 6.12. The Morgan fingerprint density at radius 3 is 2.30 bits per heavy atom. The van der Waals surface area contributed by atoms with E-state index in [2.05, 4.69) is 5.32 Å². The molecule has 1 heterocycles. The second-order valence-electron chi connectivity index (χ2n) is 8.50. The first-order valence-electron chi connectivity index (χ1n) is 12.5. The number of ether oxygens (including phenoxy) is 3. The Hall–Kier alpha value is -4.26. The van der Waals surface area contributed by atoms with E-state index in [1.165, 1.54) is 0 Å². The van der Waals surface area contributed by atoms with Gasteiger partial charge < -0.3 is 24.1 Å². The van der Waals surface area contributed by atoms with Crippen molar-refractivity contribution in [2.75, 3.05) is 26.4 Å². The number of fused-ring (bicyclic) bond motifs is 1. The minimum atomic E-state index is -0.398. The molecular weight excluding hydrogens is 468 g/mol. The molecule has 0 radical (unpaired) electrons. The van der Waals surface area contributed by atoms with Crippen LogP contribution in [0.1, 0.15) is 35.5 Å². The molecule has 7 heteroatoms. The van der Waals surface area contributed by atoms with Crippen molar-refractivity contribution < 1.29 is 23.8 Å². The van der Waals surface area contributed by atoms with Crippen LogP contribution >= 0.6 is 0 Å². The molecule has 192 valence electrons. The zero-order chi connectivity index (χ0) is 26.2. The van der Waals surface area contributed by atoms with Gasteiger partial charge in [0.1, 0.15) is 11.5 Å². The number of carbonyl (C=O) groups is 2. The monoisotopic (exact) mass is 500 g/mol. The predicted octanol–water partition coefficient (Wildman–Crippen LogP) is 5.25. The van der Waals surface area contributed by atoms with Crippen LogP contribution in [-0.2, 0) is 16.0 Å². The molecule has 37 heavy (non-hydrogen) atoms. The van der Waals surface area contributed by atoms with E-state index < -0.39 is 5.97 Å². The van der Waals surface area contributed by atoms with Crippen molar-refractivity contribution in [1.82, 2.24) is 9.88 Å². The van der Waals surface area contributed by atoms with Crippen LogP contribution in [0.4, 0.5) is 0 Å². The largest absolute Gasteiger partial charge is 0.494 e. The second-order valence-corrected chi connectivity index (χ2v) is 8.50. The van der Waals surface area contributed by atoms with Gasteiger partial charge in [-0.15, -0.1) is 0 Å². The highest BCUT2D eigenvalue weighted by atomic mass is 16.5. The molecule has 1 amide bonds. The van der Waals surface area contributed by atoms with Gasteiger partial charge in [0.2, 0.25) is 0 Å². The molecular formula is C30H32N2O5. The lowest BCUT2D eigenvalue weighted by Gasteiger charge is -2.11. The second kappa shape index (κ2) is 12.1.